The van der Waals surface area contributed by atoms with Crippen molar-refractivity contribution in [3.05, 3.63) is 11.7 Å². The first kappa shape index (κ1) is 15.0. The number of aliphatic carboxylic acids is 1. The smallest absolute Gasteiger partial charge is 0.311 e. The summed E-state index contributed by atoms with van der Waals surface area (Å²) in [6.45, 7) is 2.52. The second-order valence-electron chi connectivity index (χ2n) is 6.61. The Hall–Kier alpha value is -1.92. The molecule has 1 N–H and O–H groups in total. The molecule has 1 aliphatic heterocycles. The molecule has 0 unspecified atom stereocenters. The zero-order valence-corrected chi connectivity index (χ0v) is 12.7. The van der Waals surface area contributed by atoms with Gasteiger partial charge in [0.2, 0.25) is 11.8 Å². The molecular weight excluding hydrogens is 286 g/mol. The Morgan fingerprint density at radius 2 is 2.23 bits per heavy atom. The zero-order valence-electron chi connectivity index (χ0n) is 12.7. The van der Waals surface area contributed by atoms with E-state index in [0.29, 0.717) is 50.6 Å². The molecule has 0 bridgehead atoms. The summed E-state index contributed by atoms with van der Waals surface area (Å²) in [6, 6.07) is 0. The normalized spacial score (nSPS) is 24.7. The maximum Gasteiger partial charge on any atom is 0.311 e. The van der Waals surface area contributed by atoms with Crippen LogP contribution in [0.15, 0.2) is 4.52 Å². The summed E-state index contributed by atoms with van der Waals surface area (Å²) in [7, 11) is 0. The molecule has 7 heteroatoms. The molecule has 0 spiro atoms. The molecule has 1 saturated carbocycles. The van der Waals surface area contributed by atoms with Crippen molar-refractivity contribution in [3.63, 3.8) is 0 Å². The van der Waals surface area contributed by atoms with Crippen LogP contribution < -0.4 is 0 Å². The molecule has 1 aromatic rings. The summed E-state index contributed by atoms with van der Waals surface area (Å²) < 4.78 is 5.17. The lowest BCUT2D eigenvalue weighted by Gasteiger charge is -2.20. The van der Waals surface area contributed by atoms with E-state index in [1.807, 2.05) is 0 Å². The minimum Gasteiger partial charge on any atom is -0.481 e. The lowest BCUT2D eigenvalue weighted by atomic mass is 9.90. The third-order valence-corrected chi connectivity index (χ3v) is 4.55. The Kier molecular flexibility index (Phi) is 3.88. The van der Waals surface area contributed by atoms with Crippen molar-refractivity contribution >= 4 is 11.9 Å². The van der Waals surface area contributed by atoms with Gasteiger partial charge in [0.25, 0.3) is 0 Å². The molecule has 7 nitrogen and oxygen atoms in total. The van der Waals surface area contributed by atoms with Gasteiger partial charge in [0.05, 0.1) is 5.41 Å². The number of aryl methyl sites for hydroxylation is 1. The number of carboxylic acids is 1. The first-order valence-electron chi connectivity index (χ1n) is 7.81. The van der Waals surface area contributed by atoms with Crippen molar-refractivity contribution in [2.24, 2.45) is 5.41 Å². The Balaban J connectivity index is 1.43. The van der Waals surface area contributed by atoms with Crippen LogP contribution in [0.5, 0.6) is 0 Å². The minimum absolute atomic E-state index is 0.00640. The second kappa shape index (κ2) is 5.70. The van der Waals surface area contributed by atoms with Crippen LogP contribution in [0, 0.1) is 5.41 Å². The highest BCUT2D eigenvalue weighted by Gasteiger charge is 2.41. The molecule has 1 atom stereocenters. The molecule has 2 fully saturated rings. The third kappa shape index (κ3) is 3.13. The van der Waals surface area contributed by atoms with Gasteiger partial charge in [-0.2, -0.15) is 4.98 Å². The van der Waals surface area contributed by atoms with Crippen LogP contribution in [0.2, 0.25) is 0 Å². The van der Waals surface area contributed by atoms with Crippen molar-refractivity contribution in [2.75, 3.05) is 13.1 Å². The average Bonchev–Trinajstić information content (AvgIpc) is 3.08. The first-order chi connectivity index (χ1) is 10.5. The van der Waals surface area contributed by atoms with Gasteiger partial charge in [-0.05, 0) is 32.6 Å². The van der Waals surface area contributed by atoms with E-state index in [4.69, 9.17) is 4.52 Å². The number of amides is 1. The van der Waals surface area contributed by atoms with Crippen LogP contribution in [-0.4, -0.2) is 45.1 Å². The zero-order chi connectivity index (χ0) is 15.7. The number of nitrogens with zero attached hydrogens (tertiary/aromatic N) is 3. The summed E-state index contributed by atoms with van der Waals surface area (Å²) in [5.41, 5.74) is -0.804. The van der Waals surface area contributed by atoms with Crippen LogP contribution in [0.4, 0.5) is 0 Å². The maximum absolute atomic E-state index is 12.1. The fourth-order valence-corrected chi connectivity index (χ4v) is 2.77. The summed E-state index contributed by atoms with van der Waals surface area (Å²) in [6.07, 6.45) is 4.41. The standard InChI is InChI=1S/C15H21N3O4/c1-15(14(20)21)7-8-18(9-15)12(19)4-2-3-11-16-13(17-22-11)10-5-6-10/h10H,2-9H2,1H3,(H,20,21)/t15-/m0/s1. The number of likely N-dealkylation sites (tertiary alicyclic amines) is 1. The van der Waals surface area contributed by atoms with Gasteiger partial charge in [-0.25, -0.2) is 0 Å². The Morgan fingerprint density at radius 1 is 1.45 bits per heavy atom. The Morgan fingerprint density at radius 3 is 2.86 bits per heavy atom. The molecule has 2 aliphatic rings. The van der Waals surface area contributed by atoms with E-state index < -0.39 is 11.4 Å². The Bertz CT molecular complexity index is 581. The van der Waals surface area contributed by atoms with E-state index in [9.17, 15) is 14.7 Å². The number of carboxylic acid groups (broad SMARTS) is 1. The van der Waals surface area contributed by atoms with Gasteiger partial charge in [-0.15, -0.1) is 0 Å². The number of carbonyl (C=O) groups excluding carboxylic acids is 1. The molecule has 22 heavy (non-hydrogen) atoms. The van der Waals surface area contributed by atoms with Gasteiger partial charge in [-0.1, -0.05) is 5.16 Å². The molecular formula is C15H21N3O4. The highest BCUT2D eigenvalue weighted by molar-refractivity contribution is 5.80. The summed E-state index contributed by atoms with van der Waals surface area (Å²) >= 11 is 0. The van der Waals surface area contributed by atoms with Crippen molar-refractivity contribution in [3.8, 4) is 0 Å². The summed E-state index contributed by atoms with van der Waals surface area (Å²) in [5.74, 6) is 1.02. The molecule has 0 radical (unpaired) electrons. The van der Waals surface area contributed by atoms with Gasteiger partial charge in [-0.3, -0.25) is 9.59 Å². The summed E-state index contributed by atoms with van der Waals surface area (Å²) in [5, 5.41) is 13.1. The van der Waals surface area contributed by atoms with Gasteiger partial charge >= 0.3 is 5.97 Å². The SMILES string of the molecule is C[C@]1(C(=O)O)CCN(C(=O)CCCc2nc(C3CC3)no2)C1. The fourth-order valence-electron chi connectivity index (χ4n) is 2.77. The van der Waals surface area contributed by atoms with Crippen molar-refractivity contribution < 1.29 is 19.2 Å². The van der Waals surface area contributed by atoms with Crippen LogP contribution in [0.25, 0.3) is 0 Å². The fraction of sp³-hybridized carbons (Fsp3) is 0.733. The molecule has 1 saturated heterocycles. The van der Waals surface area contributed by atoms with E-state index >= 15 is 0 Å². The van der Waals surface area contributed by atoms with Crippen LogP contribution in [0.1, 0.15) is 56.7 Å². The van der Waals surface area contributed by atoms with Gasteiger partial charge in [0, 0.05) is 31.8 Å². The minimum atomic E-state index is -0.832. The lowest BCUT2D eigenvalue weighted by molar-refractivity contribution is -0.147. The van der Waals surface area contributed by atoms with Gasteiger partial charge in [0.1, 0.15) is 0 Å². The highest BCUT2D eigenvalue weighted by Crippen LogP contribution is 2.38. The van der Waals surface area contributed by atoms with E-state index in [1.165, 1.54) is 0 Å². The van der Waals surface area contributed by atoms with Crippen molar-refractivity contribution in [1.29, 1.82) is 0 Å². The average molecular weight is 307 g/mol. The lowest BCUT2D eigenvalue weighted by Crippen LogP contribution is -2.34. The number of rotatable bonds is 6. The van der Waals surface area contributed by atoms with Gasteiger partial charge in [0.15, 0.2) is 5.82 Å². The quantitative estimate of drug-likeness (QED) is 0.857. The third-order valence-electron chi connectivity index (χ3n) is 4.55. The molecule has 0 aromatic carbocycles. The monoisotopic (exact) mass is 307 g/mol. The Labute approximate surface area is 128 Å². The molecule has 1 aliphatic carbocycles. The number of carbonyl (C=O) groups is 2. The van der Waals surface area contributed by atoms with E-state index in [0.717, 1.165) is 18.7 Å². The maximum atomic E-state index is 12.1. The van der Waals surface area contributed by atoms with Crippen molar-refractivity contribution in [1.82, 2.24) is 15.0 Å². The highest BCUT2D eigenvalue weighted by atomic mass is 16.5. The number of hydrogen-bond donors (Lipinski definition) is 1. The number of hydrogen-bond acceptors (Lipinski definition) is 5. The predicted molar refractivity (Wildman–Crippen MR) is 76.2 cm³/mol. The second-order valence-corrected chi connectivity index (χ2v) is 6.61. The molecule has 2 heterocycles. The van der Waals surface area contributed by atoms with Crippen LogP contribution in [0.3, 0.4) is 0 Å². The summed E-state index contributed by atoms with van der Waals surface area (Å²) in [4.78, 5) is 29.3. The molecule has 3 rings (SSSR count). The van der Waals surface area contributed by atoms with E-state index in [2.05, 4.69) is 10.1 Å². The van der Waals surface area contributed by atoms with Gasteiger partial charge < -0.3 is 14.5 Å². The van der Waals surface area contributed by atoms with Crippen LogP contribution in [-0.2, 0) is 16.0 Å². The first-order valence-corrected chi connectivity index (χ1v) is 7.81. The van der Waals surface area contributed by atoms with E-state index in [-0.39, 0.29) is 5.91 Å². The van der Waals surface area contributed by atoms with E-state index in [1.54, 1.807) is 11.8 Å². The number of aromatic nitrogens is 2. The molecule has 1 aromatic heterocycles. The predicted octanol–water partition coefficient (Wildman–Crippen LogP) is 1.59. The topological polar surface area (TPSA) is 96.5 Å². The largest absolute Gasteiger partial charge is 0.481 e. The molecule has 1 amide bonds. The molecule has 120 valence electrons. The van der Waals surface area contributed by atoms with Crippen molar-refractivity contribution in [2.45, 2.75) is 51.4 Å². The van der Waals surface area contributed by atoms with Crippen LogP contribution >= 0.6 is 0 Å².